The maximum absolute atomic E-state index is 4.48. The van der Waals surface area contributed by atoms with Gasteiger partial charge in [0, 0.05) is 35.5 Å². The van der Waals surface area contributed by atoms with Crippen molar-refractivity contribution in [3.8, 4) is 0 Å². The lowest BCUT2D eigenvalue weighted by Gasteiger charge is -2.35. The molecule has 0 radical (unpaired) electrons. The summed E-state index contributed by atoms with van der Waals surface area (Å²) in [7, 11) is 0. The first-order chi connectivity index (χ1) is 9.86. The number of rotatable bonds is 4. The molecule has 0 unspecified atom stereocenters. The molecule has 1 heterocycles. The van der Waals surface area contributed by atoms with Gasteiger partial charge in [0.1, 0.15) is 0 Å². The number of hydrogen-bond acceptors (Lipinski definition) is 3. The van der Waals surface area contributed by atoms with Crippen LogP contribution in [-0.4, -0.2) is 20.4 Å². The van der Waals surface area contributed by atoms with E-state index in [1.54, 1.807) is 0 Å². The van der Waals surface area contributed by atoms with Gasteiger partial charge in [-0.3, -0.25) is 14.9 Å². The van der Waals surface area contributed by atoms with Gasteiger partial charge in [-0.2, -0.15) is 0 Å². The summed E-state index contributed by atoms with van der Waals surface area (Å²) in [4.78, 5) is 11.2. The van der Waals surface area contributed by atoms with Crippen LogP contribution in [0.3, 0.4) is 0 Å². The van der Waals surface area contributed by atoms with Gasteiger partial charge in [-0.15, -0.1) is 0 Å². The Morgan fingerprint density at radius 2 is 1.76 bits per heavy atom. The zero-order chi connectivity index (χ0) is 15.5. The minimum Gasteiger partial charge on any atom is -0.288 e. The van der Waals surface area contributed by atoms with Crippen LogP contribution in [0.5, 0.6) is 0 Å². The molecule has 0 atom stereocenters. The highest BCUT2D eigenvalue weighted by Crippen LogP contribution is 2.24. The van der Waals surface area contributed by atoms with Crippen LogP contribution in [0, 0.1) is 6.92 Å². The van der Waals surface area contributed by atoms with E-state index in [0.717, 1.165) is 29.0 Å². The Morgan fingerprint density at radius 3 is 2.33 bits per heavy atom. The van der Waals surface area contributed by atoms with Crippen LogP contribution in [0.4, 0.5) is 0 Å². The maximum Gasteiger partial charge on any atom is 0.0727 e. The molecule has 0 saturated carbocycles. The number of aromatic nitrogens is 2. The number of aryl methyl sites for hydroxylation is 1. The highest BCUT2D eigenvalue weighted by atomic mass is 79.9. The molecule has 0 saturated heterocycles. The summed E-state index contributed by atoms with van der Waals surface area (Å²) >= 11 is 3.63. The summed E-state index contributed by atoms with van der Waals surface area (Å²) in [6.07, 6.45) is 3.70. The zero-order valence-electron chi connectivity index (χ0n) is 13.1. The SMILES string of the molecule is Cc1cnc(CN(Cc2ccccc2Br)C(C)(C)C)cn1. The van der Waals surface area contributed by atoms with Crippen LogP contribution in [0.15, 0.2) is 41.1 Å². The molecule has 1 aromatic carbocycles. The molecule has 2 rings (SSSR count). The Labute approximate surface area is 135 Å². The average molecular weight is 348 g/mol. The van der Waals surface area contributed by atoms with Crippen molar-refractivity contribution < 1.29 is 0 Å². The minimum absolute atomic E-state index is 0.0574. The molecule has 0 bridgehead atoms. The summed E-state index contributed by atoms with van der Waals surface area (Å²) in [6, 6.07) is 8.36. The number of nitrogens with zero attached hydrogens (tertiary/aromatic N) is 3. The van der Waals surface area contributed by atoms with E-state index in [0.29, 0.717) is 0 Å². The third-order valence-electron chi connectivity index (χ3n) is 3.45. The average Bonchev–Trinajstić information content (AvgIpc) is 2.41. The van der Waals surface area contributed by atoms with Gasteiger partial charge in [-0.05, 0) is 39.3 Å². The second kappa shape index (κ2) is 6.67. The number of hydrogen-bond donors (Lipinski definition) is 0. The number of benzene rings is 1. The van der Waals surface area contributed by atoms with E-state index < -0.39 is 0 Å². The molecule has 0 amide bonds. The molecule has 4 heteroatoms. The molecule has 0 N–H and O–H groups in total. The Balaban J connectivity index is 2.19. The van der Waals surface area contributed by atoms with Crippen molar-refractivity contribution >= 4 is 15.9 Å². The van der Waals surface area contributed by atoms with Crippen molar-refractivity contribution in [2.75, 3.05) is 0 Å². The molecule has 1 aromatic heterocycles. The Morgan fingerprint density at radius 1 is 1.05 bits per heavy atom. The fourth-order valence-corrected chi connectivity index (χ4v) is 2.47. The lowest BCUT2D eigenvalue weighted by Crippen LogP contribution is -2.40. The summed E-state index contributed by atoms with van der Waals surface area (Å²) < 4.78 is 1.15. The predicted octanol–water partition coefficient (Wildman–Crippen LogP) is 4.35. The summed E-state index contributed by atoms with van der Waals surface area (Å²) in [5, 5.41) is 0. The van der Waals surface area contributed by atoms with Crippen LogP contribution in [-0.2, 0) is 13.1 Å². The van der Waals surface area contributed by atoms with Gasteiger partial charge < -0.3 is 0 Å². The lowest BCUT2D eigenvalue weighted by molar-refractivity contribution is 0.116. The Kier molecular flexibility index (Phi) is 5.12. The highest BCUT2D eigenvalue weighted by Gasteiger charge is 2.22. The third-order valence-corrected chi connectivity index (χ3v) is 4.23. The third kappa shape index (κ3) is 4.61. The van der Waals surface area contributed by atoms with E-state index in [-0.39, 0.29) is 5.54 Å². The predicted molar refractivity (Wildman–Crippen MR) is 89.9 cm³/mol. The quantitative estimate of drug-likeness (QED) is 0.823. The van der Waals surface area contributed by atoms with E-state index in [1.165, 1.54) is 5.56 Å². The van der Waals surface area contributed by atoms with Crippen molar-refractivity contribution in [3.05, 3.63) is 58.1 Å². The molecule has 0 aliphatic rings. The maximum atomic E-state index is 4.48. The summed E-state index contributed by atoms with van der Waals surface area (Å²) in [6.45, 7) is 10.3. The van der Waals surface area contributed by atoms with Gasteiger partial charge in [-0.1, -0.05) is 34.1 Å². The van der Waals surface area contributed by atoms with Crippen LogP contribution in [0.2, 0.25) is 0 Å². The molecule has 3 nitrogen and oxygen atoms in total. The van der Waals surface area contributed by atoms with Gasteiger partial charge in [0.05, 0.1) is 11.4 Å². The van der Waals surface area contributed by atoms with Crippen molar-refractivity contribution in [2.24, 2.45) is 0 Å². The first-order valence-electron chi connectivity index (χ1n) is 7.12. The van der Waals surface area contributed by atoms with Crippen LogP contribution in [0.1, 0.15) is 37.7 Å². The molecule has 0 fully saturated rings. The van der Waals surface area contributed by atoms with Crippen molar-refractivity contribution in [3.63, 3.8) is 0 Å². The van der Waals surface area contributed by atoms with Crippen LogP contribution < -0.4 is 0 Å². The van der Waals surface area contributed by atoms with Crippen molar-refractivity contribution in [1.82, 2.24) is 14.9 Å². The fourth-order valence-electron chi connectivity index (χ4n) is 2.06. The summed E-state index contributed by atoms with van der Waals surface area (Å²) in [5.74, 6) is 0. The topological polar surface area (TPSA) is 29.0 Å². The molecule has 112 valence electrons. The molecule has 0 aliphatic carbocycles. The Bertz CT molecular complexity index is 588. The van der Waals surface area contributed by atoms with Gasteiger partial charge in [0.2, 0.25) is 0 Å². The molecule has 2 aromatic rings. The first kappa shape index (κ1) is 16.1. The van der Waals surface area contributed by atoms with Crippen molar-refractivity contribution in [2.45, 2.75) is 46.3 Å². The van der Waals surface area contributed by atoms with E-state index >= 15 is 0 Å². The van der Waals surface area contributed by atoms with Gasteiger partial charge >= 0.3 is 0 Å². The largest absolute Gasteiger partial charge is 0.288 e. The van der Waals surface area contributed by atoms with Crippen LogP contribution >= 0.6 is 15.9 Å². The Hall–Kier alpha value is -1.26. The molecular weight excluding hydrogens is 326 g/mol. The van der Waals surface area contributed by atoms with Gasteiger partial charge in [0.15, 0.2) is 0 Å². The second-order valence-electron chi connectivity index (χ2n) is 6.27. The van der Waals surface area contributed by atoms with Gasteiger partial charge in [-0.25, -0.2) is 0 Å². The van der Waals surface area contributed by atoms with E-state index in [4.69, 9.17) is 0 Å². The van der Waals surface area contributed by atoms with Gasteiger partial charge in [0.25, 0.3) is 0 Å². The van der Waals surface area contributed by atoms with Crippen LogP contribution in [0.25, 0.3) is 0 Å². The standard InChI is InChI=1S/C17H22BrN3/c1-13-9-20-15(10-19-13)12-21(17(2,3)4)11-14-7-5-6-8-16(14)18/h5-10H,11-12H2,1-4H3. The monoisotopic (exact) mass is 347 g/mol. The molecule has 0 aliphatic heterocycles. The summed E-state index contributed by atoms with van der Waals surface area (Å²) in [5.41, 5.74) is 3.30. The lowest BCUT2D eigenvalue weighted by atomic mass is 10.0. The fraction of sp³-hybridized carbons (Fsp3) is 0.412. The van der Waals surface area contributed by atoms with E-state index in [2.05, 4.69) is 69.8 Å². The number of halogens is 1. The smallest absolute Gasteiger partial charge is 0.0727 e. The first-order valence-corrected chi connectivity index (χ1v) is 7.91. The van der Waals surface area contributed by atoms with E-state index in [9.17, 15) is 0 Å². The molecular formula is C17H22BrN3. The normalized spacial score (nSPS) is 11.9. The molecule has 21 heavy (non-hydrogen) atoms. The van der Waals surface area contributed by atoms with Crippen molar-refractivity contribution in [1.29, 1.82) is 0 Å². The minimum atomic E-state index is 0.0574. The zero-order valence-corrected chi connectivity index (χ0v) is 14.7. The highest BCUT2D eigenvalue weighted by molar-refractivity contribution is 9.10. The second-order valence-corrected chi connectivity index (χ2v) is 7.12. The van der Waals surface area contributed by atoms with E-state index in [1.807, 2.05) is 25.4 Å². The molecule has 0 spiro atoms.